The van der Waals surface area contributed by atoms with Crippen LogP contribution in [0.1, 0.15) is 54.1 Å². The molecule has 0 atom stereocenters. The highest BCUT2D eigenvalue weighted by Crippen LogP contribution is 2.41. The summed E-state index contributed by atoms with van der Waals surface area (Å²) >= 11 is 0. The van der Waals surface area contributed by atoms with Crippen LogP contribution < -0.4 is 10.5 Å². The average molecular weight is 314 g/mol. The number of pyridine rings is 1. The molecule has 1 aromatic heterocycles. The molecule has 2 aromatic rings. The van der Waals surface area contributed by atoms with Gasteiger partial charge in [-0.1, -0.05) is 37.5 Å². The summed E-state index contributed by atoms with van der Waals surface area (Å²) in [5.41, 5.74) is 6.08. The highest BCUT2D eigenvalue weighted by molar-refractivity contribution is 5.93. The first-order valence-corrected chi connectivity index (χ1v) is 7.88. The first kappa shape index (κ1) is 15.5. The van der Waals surface area contributed by atoms with Gasteiger partial charge in [0.2, 0.25) is 0 Å². The lowest BCUT2D eigenvalue weighted by atomic mass is 9.82. The molecule has 0 radical (unpaired) electrons. The monoisotopic (exact) mass is 314 g/mol. The largest absolute Gasteiger partial charge is 0.454 e. The van der Waals surface area contributed by atoms with E-state index in [1.165, 1.54) is 0 Å². The van der Waals surface area contributed by atoms with Crippen LogP contribution >= 0.6 is 0 Å². The van der Waals surface area contributed by atoms with E-state index in [2.05, 4.69) is 4.98 Å². The second kappa shape index (κ2) is 6.77. The van der Waals surface area contributed by atoms with Crippen LogP contribution in [0.25, 0.3) is 0 Å². The van der Waals surface area contributed by atoms with Crippen LogP contribution in [0.4, 0.5) is 4.39 Å². The van der Waals surface area contributed by atoms with E-state index in [1.807, 2.05) is 18.2 Å². The fourth-order valence-corrected chi connectivity index (χ4v) is 3.16. The summed E-state index contributed by atoms with van der Waals surface area (Å²) < 4.78 is 20.2. The average Bonchev–Trinajstić information content (AvgIpc) is 2.58. The topological polar surface area (TPSA) is 65.2 Å². The smallest absolute Gasteiger partial charge is 0.267 e. The predicted octanol–water partition coefficient (Wildman–Crippen LogP) is 4.16. The maximum atomic E-state index is 14.4. The minimum atomic E-state index is -0.650. The van der Waals surface area contributed by atoms with Crippen LogP contribution in [-0.4, -0.2) is 10.9 Å². The Balaban J connectivity index is 2.08. The second-order valence-corrected chi connectivity index (χ2v) is 5.81. The van der Waals surface area contributed by atoms with Crippen LogP contribution in [0.15, 0.2) is 36.5 Å². The molecule has 0 aliphatic heterocycles. The predicted molar refractivity (Wildman–Crippen MR) is 85.1 cm³/mol. The lowest BCUT2D eigenvalue weighted by Crippen LogP contribution is -2.20. The van der Waals surface area contributed by atoms with Crippen molar-refractivity contribution in [1.29, 1.82) is 0 Å². The number of carbonyl (C=O) groups is 1. The molecule has 1 fully saturated rings. The zero-order valence-corrected chi connectivity index (χ0v) is 12.8. The molecule has 0 unspecified atom stereocenters. The van der Waals surface area contributed by atoms with E-state index in [0.29, 0.717) is 11.3 Å². The lowest BCUT2D eigenvalue weighted by molar-refractivity contribution is 0.0993. The molecule has 3 rings (SSSR count). The summed E-state index contributed by atoms with van der Waals surface area (Å²) in [6, 6.07) is 8.96. The van der Waals surface area contributed by atoms with Gasteiger partial charge in [0.05, 0.1) is 6.20 Å². The normalized spacial score (nSPS) is 15.3. The quantitative estimate of drug-likeness (QED) is 0.921. The fourth-order valence-electron chi connectivity index (χ4n) is 3.16. The number of carbonyl (C=O) groups excluding carboxylic acids is 1. The van der Waals surface area contributed by atoms with Crippen molar-refractivity contribution >= 4 is 5.91 Å². The number of benzene rings is 1. The molecule has 5 heteroatoms. The third kappa shape index (κ3) is 3.33. The number of amides is 1. The molecular formula is C18H19FN2O2. The zero-order valence-electron chi connectivity index (χ0n) is 12.8. The number of hydrogen-bond donors (Lipinski definition) is 1. The highest BCUT2D eigenvalue weighted by atomic mass is 19.1. The molecule has 1 aliphatic rings. The molecular weight excluding hydrogens is 295 g/mol. The van der Waals surface area contributed by atoms with Crippen molar-refractivity contribution in [3.8, 4) is 11.5 Å². The van der Waals surface area contributed by atoms with Gasteiger partial charge in [0.25, 0.3) is 5.91 Å². The van der Waals surface area contributed by atoms with Crippen molar-refractivity contribution in [2.75, 3.05) is 0 Å². The first-order valence-electron chi connectivity index (χ1n) is 7.88. The Kier molecular flexibility index (Phi) is 4.55. The lowest BCUT2D eigenvalue weighted by Gasteiger charge is -2.25. The molecule has 1 heterocycles. The van der Waals surface area contributed by atoms with Crippen molar-refractivity contribution in [2.45, 2.75) is 38.0 Å². The molecule has 23 heavy (non-hydrogen) atoms. The van der Waals surface area contributed by atoms with Gasteiger partial charge >= 0.3 is 0 Å². The number of aromatic nitrogens is 1. The van der Waals surface area contributed by atoms with Gasteiger partial charge in [-0.25, -0.2) is 9.37 Å². The Hall–Kier alpha value is -2.43. The minimum Gasteiger partial charge on any atom is -0.454 e. The van der Waals surface area contributed by atoms with Gasteiger partial charge < -0.3 is 10.5 Å². The number of nitrogens with zero attached hydrogens (tertiary/aromatic N) is 1. The molecule has 1 saturated carbocycles. The maximum absolute atomic E-state index is 14.4. The summed E-state index contributed by atoms with van der Waals surface area (Å²) in [5.74, 6) is -0.576. The van der Waals surface area contributed by atoms with E-state index in [-0.39, 0.29) is 17.4 Å². The number of halogens is 1. The first-order chi connectivity index (χ1) is 11.2. The highest BCUT2D eigenvalue weighted by Gasteiger charge is 2.28. The molecule has 4 nitrogen and oxygen atoms in total. The van der Waals surface area contributed by atoms with Crippen molar-refractivity contribution in [3.63, 3.8) is 0 Å². The van der Waals surface area contributed by atoms with Gasteiger partial charge in [-0.3, -0.25) is 4.79 Å². The second-order valence-electron chi connectivity index (χ2n) is 5.81. The Morgan fingerprint density at radius 3 is 2.52 bits per heavy atom. The number of ether oxygens (including phenoxy) is 1. The van der Waals surface area contributed by atoms with E-state index in [9.17, 15) is 9.18 Å². The third-order valence-corrected chi connectivity index (χ3v) is 4.23. The summed E-state index contributed by atoms with van der Waals surface area (Å²) in [4.78, 5) is 15.7. The third-order valence-electron chi connectivity index (χ3n) is 4.23. The fraction of sp³-hybridized carbons (Fsp3) is 0.333. The molecule has 0 bridgehead atoms. The van der Waals surface area contributed by atoms with Gasteiger partial charge in [0.1, 0.15) is 11.4 Å². The zero-order chi connectivity index (χ0) is 16.2. The number of hydrogen-bond acceptors (Lipinski definition) is 3. The summed E-state index contributed by atoms with van der Waals surface area (Å²) in [6.45, 7) is 0. The van der Waals surface area contributed by atoms with Crippen molar-refractivity contribution in [1.82, 2.24) is 4.98 Å². The van der Waals surface area contributed by atoms with Crippen LogP contribution in [0.3, 0.4) is 0 Å². The molecule has 1 aliphatic carbocycles. The molecule has 0 saturated heterocycles. The van der Waals surface area contributed by atoms with Crippen molar-refractivity contribution in [3.05, 3.63) is 53.6 Å². The Morgan fingerprint density at radius 1 is 1.17 bits per heavy atom. The van der Waals surface area contributed by atoms with Crippen molar-refractivity contribution in [2.24, 2.45) is 5.73 Å². The van der Waals surface area contributed by atoms with E-state index in [0.717, 1.165) is 38.3 Å². The van der Waals surface area contributed by atoms with E-state index < -0.39 is 11.7 Å². The molecule has 1 aromatic carbocycles. The van der Waals surface area contributed by atoms with Crippen LogP contribution in [-0.2, 0) is 0 Å². The summed E-state index contributed by atoms with van der Waals surface area (Å²) in [5, 5.41) is 0. The van der Waals surface area contributed by atoms with E-state index >= 15 is 0 Å². The van der Waals surface area contributed by atoms with E-state index in [1.54, 1.807) is 12.1 Å². The minimum absolute atomic E-state index is 0.0492. The van der Waals surface area contributed by atoms with Gasteiger partial charge in [0, 0.05) is 5.56 Å². The number of nitrogens with two attached hydrogens (primary N) is 1. The number of primary amides is 1. The van der Waals surface area contributed by atoms with Crippen LogP contribution in [0, 0.1) is 5.82 Å². The molecule has 0 spiro atoms. The summed E-state index contributed by atoms with van der Waals surface area (Å²) in [6.07, 6.45) is 6.02. The van der Waals surface area contributed by atoms with Gasteiger partial charge in [-0.2, -0.15) is 0 Å². The Labute approximate surface area is 134 Å². The summed E-state index contributed by atoms with van der Waals surface area (Å²) in [7, 11) is 0. The number of rotatable bonds is 4. The van der Waals surface area contributed by atoms with Gasteiger partial charge in [-0.15, -0.1) is 0 Å². The molecule has 2 N–H and O–H groups in total. The standard InChI is InChI=1S/C18H19FN2O2/c19-14-11-21-16(18(20)22)15(12-7-3-1-4-8-12)17(14)23-13-9-5-2-6-10-13/h2,5-6,9-12H,1,3-4,7-8H2,(H2,20,22). The number of para-hydroxylation sites is 1. The Morgan fingerprint density at radius 2 is 1.87 bits per heavy atom. The van der Waals surface area contributed by atoms with Crippen LogP contribution in [0.5, 0.6) is 11.5 Å². The SMILES string of the molecule is NC(=O)c1ncc(F)c(Oc2ccccc2)c1C1CCCCC1. The Bertz CT molecular complexity index is 698. The van der Waals surface area contributed by atoms with Gasteiger partial charge in [0.15, 0.2) is 11.6 Å². The van der Waals surface area contributed by atoms with E-state index in [4.69, 9.17) is 10.5 Å². The maximum Gasteiger partial charge on any atom is 0.267 e. The molecule has 120 valence electrons. The van der Waals surface area contributed by atoms with Crippen molar-refractivity contribution < 1.29 is 13.9 Å². The molecule has 1 amide bonds. The van der Waals surface area contributed by atoms with Crippen LogP contribution in [0.2, 0.25) is 0 Å². The van der Waals surface area contributed by atoms with Gasteiger partial charge in [-0.05, 0) is 30.9 Å².